The van der Waals surface area contributed by atoms with Crippen LogP contribution in [-0.2, 0) is 17.6 Å². The molecule has 0 fully saturated rings. The van der Waals surface area contributed by atoms with Crippen LogP contribution in [0.25, 0.3) is 0 Å². The van der Waals surface area contributed by atoms with Gasteiger partial charge < -0.3 is 20.3 Å². The van der Waals surface area contributed by atoms with Crippen molar-refractivity contribution in [3.05, 3.63) is 88.0 Å². The zero-order chi connectivity index (χ0) is 22.9. The van der Waals surface area contributed by atoms with Crippen LogP contribution in [0.1, 0.15) is 58.2 Å². The second-order valence-corrected chi connectivity index (χ2v) is 8.64. The molecule has 1 heterocycles. The Kier molecular flexibility index (Phi) is 5.39. The zero-order valence-corrected chi connectivity index (χ0v) is 18.1. The van der Waals surface area contributed by atoms with Crippen molar-refractivity contribution in [1.29, 1.82) is 5.26 Å². The van der Waals surface area contributed by atoms with E-state index in [1.807, 2.05) is 48.5 Å². The van der Waals surface area contributed by atoms with Gasteiger partial charge in [0.25, 0.3) is 0 Å². The van der Waals surface area contributed by atoms with E-state index in [-0.39, 0.29) is 18.4 Å². The van der Waals surface area contributed by atoms with E-state index in [4.69, 9.17) is 20.3 Å². The first-order valence-corrected chi connectivity index (χ1v) is 11.1. The highest BCUT2D eigenvalue weighted by Gasteiger charge is 2.30. The Bertz CT molecular complexity index is 1280. The number of aliphatic carboxylic acids is 1. The molecule has 166 valence electrons. The Balaban J connectivity index is 1.37. The molecule has 0 saturated heterocycles. The molecular formula is C27H24N2O4. The average molecular weight is 440 g/mol. The molecule has 5 rings (SSSR count). The van der Waals surface area contributed by atoms with Gasteiger partial charge in [0, 0.05) is 23.2 Å². The maximum Gasteiger partial charge on any atom is 0.304 e. The number of nitriles is 1. The number of hydrogen-bond donors (Lipinski definition) is 2. The zero-order valence-electron chi connectivity index (χ0n) is 18.1. The second-order valence-electron chi connectivity index (χ2n) is 8.64. The Morgan fingerprint density at radius 2 is 2.03 bits per heavy atom. The molecule has 33 heavy (non-hydrogen) atoms. The first-order chi connectivity index (χ1) is 16.0. The summed E-state index contributed by atoms with van der Waals surface area (Å²) in [6.07, 6.45) is 2.38. The second kappa shape index (κ2) is 8.51. The monoisotopic (exact) mass is 440 g/mol. The van der Waals surface area contributed by atoms with E-state index in [1.54, 1.807) is 6.07 Å². The van der Waals surface area contributed by atoms with Crippen molar-refractivity contribution in [2.75, 3.05) is 12.3 Å². The molecular weight excluding hydrogens is 416 g/mol. The van der Waals surface area contributed by atoms with Crippen molar-refractivity contribution >= 4 is 11.7 Å². The Morgan fingerprint density at radius 3 is 2.85 bits per heavy atom. The van der Waals surface area contributed by atoms with Gasteiger partial charge >= 0.3 is 5.97 Å². The van der Waals surface area contributed by atoms with Gasteiger partial charge in [0.1, 0.15) is 17.6 Å². The van der Waals surface area contributed by atoms with Crippen molar-refractivity contribution in [3.63, 3.8) is 0 Å². The topological polar surface area (TPSA) is 106 Å². The van der Waals surface area contributed by atoms with Gasteiger partial charge in [-0.05, 0) is 65.8 Å². The summed E-state index contributed by atoms with van der Waals surface area (Å²) in [7, 11) is 0. The molecule has 0 aromatic heterocycles. The van der Waals surface area contributed by atoms with Gasteiger partial charge in [-0.2, -0.15) is 5.26 Å². The van der Waals surface area contributed by atoms with Crippen LogP contribution in [-0.4, -0.2) is 17.7 Å². The molecule has 3 aromatic carbocycles. The molecule has 3 aromatic rings. The molecule has 0 bridgehead atoms. The lowest BCUT2D eigenvalue weighted by Crippen LogP contribution is -2.07. The molecule has 0 spiro atoms. The summed E-state index contributed by atoms with van der Waals surface area (Å²) in [5, 5.41) is 18.3. The minimum atomic E-state index is -0.825. The van der Waals surface area contributed by atoms with Crippen LogP contribution in [0.2, 0.25) is 0 Å². The third kappa shape index (κ3) is 4.10. The number of nitrogens with two attached hydrogens (primary N) is 1. The summed E-state index contributed by atoms with van der Waals surface area (Å²) < 4.78 is 12.1. The van der Waals surface area contributed by atoms with Gasteiger partial charge in [0.2, 0.25) is 0 Å². The van der Waals surface area contributed by atoms with E-state index in [1.165, 1.54) is 5.56 Å². The average Bonchev–Trinajstić information content (AvgIpc) is 3.39. The van der Waals surface area contributed by atoms with Crippen LogP contribution < -0.4 is 15.2 Å². The Labute approximate surface area is 192 Å². The van der Waals surface area contributed by atoms with Crippen LogP contribution in [0, 0.1) is 11.3 Å². The molecule has 1 aliphatic heterocycles. The lowest BCUT2D eigenvalue weighted by molar-refractivity contribution is -0.137. The summed E-state index contributed by atoms with van der Waals surface area (Å²) >= 11 is 0. The fourth-order valence-corrected chi connectivity index (χ4v) is 4.92. The van der Waals surface area contributed by atoms with Crippen LogP contribution in [0.5, 0.6) is 11.5 Å². The van der Waals surface area contributed by atoms with Crippen LogP contribution in [0.4, 0.5) is 5.69 Å². The summed E-state index contributed by atoms with van der Waals surface area (Å²) in [4.78, 5) is 11.1. The van der Waals surface area contributed by atoms with Gasteiger partial charge in [-0.1, -0.05) is 24.3 Å². The number of anilines is 1. The number of carbonyl (C=O) groups is 1. The number of benzene rings is 3. The molecule has 0 unspecified atom stereocenters. The molecule has 0 amide bonds. The molecule has 6 nitrogen and oxygen atoms in total. The highest BCUT2D eigenvalue weighted by Crippen LogP contribution is 2.42. The van der Waals surface area contributed by atoms with E-state index in [2.05, 4.69) is 6.07 Å². The SMILES string of the molecule is N#Cc1cccc(Cc2c(N)ccc3c2CC[C@H]3Oc2ccc3c(c2)OC[C@H]3CC(=O)O)c1. The van der Waals surface area contributed by atoms with Gasteiger partial charge in [-0.15, -0.1) is 0 Å². The molecule has 2 atom stereocenters. The highest BCUT2D eigenvalue weighted by molar-refractivity contribution is 5.69. The lowest BCUT2D eigenvalue weighted by Gasteiger charge is -2.17. The van der Waals surface area contributed by atoms with E-state index in [9.17, 15) is 10.1 Å². The first-order valence-electron chi connectivity index (χ1n) is 11.1. The van der Waals surface area contributed by atoms with Gasteiger partial charge in [-0.3, -0.25) is 4.79 Å². The van der Waals surface area contributed by atoms with Crippen molar-refractivity contribution < 1.29 is 19.4 Å². The van der Waals surface area contributed by atoms with Gasteiger partial charge in [0.15, 0.2) is 0 Å². The van der Waals surface area contributed by atoms with E-state index < -0.39 is 5.97 Å². The van der Waals surface area contributed by atoms with Crippen molar-refractivity contribution in [2.45, 2.75) is 37.7 Å². The number of nitrogens with zero attached hydrogens (tertiary/aromatic N) is 1. The summed E-state index contributed by atoms with van der Waals surface area (Å²) in [5.41, 5.74) is 13.2. The number of nitrogen functional groups attached to an aromatic ring is 1. The normalized spacial score (nSPS) is 18.2. The summed E-state index contributed by atoms with van der Waals surface area (Å²) in [5.74, 6) is 0.465. The fraction of sp³-hybridized carbons (Fsp3) is 0.259. The quantitative estimate of drug-likeness (QED) is 0.536. The molecule has 3 N–H and O–H groups in total. The lowest BCUT2D eigenvalue weighted by atomic mass is 9.94. The largest absolute Gasteiger partial charge is 0.492 e. The first kappa shape index (κ1) is 20.9. The number of ether oxygens (including phenoxy) is 2. The van der Waals surface area contributed by atoms with Crippen molar-refractivity contribution in [2.24, 2.45) is 0 Å². The minimum Gasteiger partial charge on any atom is -0.492 e. The number of rotatable bonds is 6. The number of fused-ring (bicyclic) bond motifs is 2. The fourth-order valence-electron chi connectivity index (χ4n) is 4.92. The maximum absolute atomic E-state index is 11.1. The molecule has 6 heteroatoms. The molecule has 0 radical (unpaired) electrons. The van der Waals surface area contributed by atoms with Crippen LogP contribution >= 0.6 is 0 Å². The number of carboxylic acid groups (broad SMARTS) is 1. The minimum absolute atomic E-state index is 0.0602. The standard InChI is InChI=1S/C27H24N2O4/c28-14-17-3-1-2-16(10-17)11-23-21-7-9-25(22(21)6-8-24(23)29)33-19-4-5-20-18(12-27(30)31)15-32-26(20)13-19/h1-6,8,10,13,18,25H,7,9,11-12,15,29H2,(H,30,31)/t18-,25-/m1/s1. The van der Waals surface area contributed by atoms with E-state index in [0.29, 0.717) is 30.1 Å². The third-order valence-electron chi connectivity index (χ3n) is 6.51. The van der Waals surface area contributed by atoms with Crippen molar-refractivity contribution in [1.82, 2.24) is 0 Å². The van der Waals surface area contributed by atoms with Crippen molar-refractivity contribution in [3.8, 4) is 17.6 Å². The number of hydrogen-bond acceptors (Lipinski definition) is 5. The third-order valence-corrected chi connectivity index (χ3v) is 6.51. The molecule has 0 saturated carbocycles. The maximum atomic E-state index is 11.1. The smallest absolute Gasteiger partial charge is 0.304 e. The molecule has 2 aliphatic rings. The summed E-state index contributed by atoms with van der Waals surface area (Å²) in [6, 6.07) is 19.5. The predicted molar refractivity (Wildman–Crippen MR) is 123 cm³/mol. The van der Waals surface area contributed by atoms with E-state index in [0.717, 1.165) is 40.8 Å². The predicted octanol–water partition coefficient (Wildman–Crippen LogP) is 4.75. The van der Waals surface area contributed by atoms with E-state index >= 15 is 0 Å². The highest BCUT2D eigenvalue weighted by atomic mass is 16.5. The Hall–Kier alpha value is -3.98. The van der Waals surface area contributed by atoms with Gasteiger partial charge in [0.05, 0.1) is 24.7 Å². The van der Waals surface area contributed by atoms with Crippen LogP contribution in [0.3, 0.4) is 0 Å². The summed E-state index contributed by atoms with van der Waals surface area (Å²) in [6.45, 7) is 0.382. The Morgan fingerprint density at radius 1 is 1.18 bits per heavy atom. The molecule has 1 aliphatic carbocycles. The van der Waals surface area contributed by atoms with Gasteiger partial charge in [-0.25, -0.2) is 0 Å². The van der Waals surface area contributed by atoms with Crippen LogP contribution in [0.15, 0.2) is 54.6 Å². The number of carboxylic acids is 1.